The largest absolute Gasteiger partial charge is 0.504 e. The van der Waals surface area contributed by atoms with E-state index < -0.39 is 30.5 Å². The number of aromatic hydroxyl groups is 1. The van der Waals surface area contributed by atoms with Crippen molar-refractivity contribution >= 4 is 11.9 Å². The summed E-state index contributed by atoms with van der Waals surface area (Å²) in [5.41, 5.74) is 0.919. The summed E-state index contributed by atoms with van der Waals surface area (Å²) in [5, 5.41) is 12.5. The average Bonchev–Trinajstić information content (AvgIpc) is 3.22. The number of carbonyl (C=O) groups is 2. The van der Waals surface area contributed by atoms with Crippen molar-refractivity contribution in [2.24, 2.45) is 0 Å². The number of ether oxygens (including phenoxy) is 3. The molecule has 0 aliphatic heterocycles. The Morgan fingerprint density at radius 3 is 2.61 bits per heavy atom. The molecule has 0 radical (unpaired) electrons. The van der Waals surface area contributed by atoms with Crippen molar-refractivity contribution < 1.29 is 42.1 Å². The predicted molar refractivity (Wildman–Crippen MR) is 110 cm³/mol. The van der Waals surface area contributed by atoms with Crippen molar-refractivity contribution in [3.8, 4) is 28.7 Å². The molecule has 1 unspecified atom stereocenters. The van der Waals surface area contributed by atoms with Crippen LogP contribution >= 0.6 is 0 Å². The van der Waals surface area contributed by atoms with Crippen LogP contribution in [0.25, 0.3) is 11.5 Å². The second kappa shape index (κ2) is 10.4. The van der Waals surface area contributed by atoms with Crippen LogP contribution in [-0.2, 0) is 16.1 Å². The molecular weight excluding hydrogens is 442 g/mol. The number of nitrogens with one attached hydrogen (secondary N) is 1. The second-order valence-corrected chi connectivity index (χ2v) is 6.68. The Kier molecular flexibility index (Phi) is 7.44. The first kappa shape index (κ1) is 23.5. The normalized spacial score (nSPS) is 11.7. The maximum atomic E-state index is 12.6. The van der Waals surface area contributed by atoms with E-state index in [2.05, 4.69) is 15.0 Å². The number of oxazole rings is 1. The number of hydrogen-bond donors (Lipinski definition) is 2. The Balaban J connectivity index is 1.65. The first-order chi connectivity index (χ1) is 15.7. The smallest absolute Gasteiger partial charge is 0.387 e. The van der Waals surface area contributed by atoms with Crippen LogP contribution in [0, 0.1) is 0 Å². The highest BCUT2D eigenvalue weighted by Gasteiger charge is 2.17. The van der Waals surface area contributed by atoms with Crippen molar-refractivity contribution in [2.45, 2.75) is 33.3 Å². The number of phenolic OH excluding ortho intramolecular Hbond substituents is 1. The van der Waals surface area contributed by atoms with Gasteiger partial charge in [0.1, 0.15) is 12.0 Å². The molecule has 0 bridgehead atoms. The molecule has 0 saturated carbocycles. The Labute approximate surface area is 186 Å². The monoisotopic (exact) mass is 462 g/mol. The quantitative estimate of drug-likeness (QED) is 0.363. The van der Waals surface area contributed by atoms with Gasteiger partial charge < -0.3 is 29.1 Å². The van der Waals surface area contributed by atoms with Gasteiger partial charge in [0.2, 0.25) is 12.2 Å². The lowest BCUT2D eigenvalue weighted by atomic mass is 10.2. The zero-order chi connectivity index (χ0) is 24.0. The van der Waals surface area contributed by atoms with Gasteiger partial charge in [-0.1, -0.05) is 12.1 Å². The molecule has 1 heterocycles. The summed E-state index contributed by atoms with van der Waals surface area (Å²) in [6.45, 7) is -0.289. The molecule has 0 aliphatic carbocycles. The van der Waals surface area contributed by atoms with E-state index >= 15 is 0 Å². The molecule has 9 nitrogen and oxygen atoms in total. The fourth-order valence-corrected chi connectivity index (χ4v) is 2.83. The highest BCUT2D eigenvalue weighted by atomic mass is 19.3. The van der Waals surface area contributed by atoms with Gasteiger partial charge in [0.25, 0.3) is 5.91 Å². The lowest BCUT2D eigenvalue weighted by Crippen LogP contribution is -2.25. The van der Waals surface area contributed by atoms with Crippen LogP contribution < -0.4 is 14.8 Å². The van der Waals surface area contributed by atoms with Crippen LogP contribution in [0.4, 0.5) is 8.78 Å². The first-order valence-electron chi connectivity index (χ1n) is 9.66. The van der Waals surface area contributed by atoms with Crippen LogP contribution in [0.2, 0.25) is 0 Å². The summed E-state index contributed by atoms with van der Waals surface area (Å²) < 4.78 is 44.6. The highest BCUT2D eigenvalue weighted by molar-refractivity contribution is 5.96. The maximum absolute atomic E-state index is 12.6. The van der Waals surface area contributed by atoms with E-state index in [1.807, 2.05) is 0 Å². The molecule has 3 aromatic rings. The average molecular weight is 462 g/mol. The summed E-state index contributed by atoms with van der Waals surface area (Å²) in [6, 6.07) is 10.2. The third-order valence-electron chi connectivity index (χ3n) is 4.16. The number of amides is 1. The van der Waals surface area contributed by atoms with Gasteiger partial charge in [-0.2, -0.15) is 8.78 Å². The van der Waals surface area contributed by atoms with Crippen molar-refractivity contribution in [3.63, 3.8) is 0 Å². The minimum Gasteiger partial charge on any atom is -0.504 e. The van der Waals surface area contributed by atoms with Gasteiger partial charge >= 0.3 is 12.6 Å². The van der Waals surface area contributed by atoms with Crippen LogP contribution in [0.5, 0.6) is 17.2 Å². The standard InChI is InChI=1S/C22H20F2N2O7/c1-12(27)31-13(2)32-18-6-4-3-5-16(18)20(29)25-10-15-11-30-21(26-15)14-7-8-19(17(28)9-14)33-22(23)24/h3-9,11,13,22,28H,10H2,1-2H3,(H,25,29). The van der Waals surface area contributed by atoms with E-state index in [-0.39, 0.29) is 29.5 Å². The fourth-order valence-electron chi connectivity index (χ4n) is 2.83. The van der Waals surface area contributed by atoms with E-state index in [9.17, 15) is 23.5 Å². The number of hydrogen-bond acceptors (Lipinski definition) is 8. The molecule has 2 aromatic carbocycles. The lowest BCUT2D eigenvalue weighted by molar-refractivity contribution is -0.158. The summed E-state index contributed by atoms with van der Waals surface area (Å²) in [4.78, 5) is 27.9. The summed E-state index contributed by atoms with van der Waals surface area (Å²) in [7, 11) is 0. The number of esters is 1. The second-order valence-electron chi connectivity index (χ2n) is 6.68. The van der Waals surface area contributed by atoms with E-state index in [1.54, 1.807) is 24.3 Å². The molecule has 0 fully saturated rings. The Bertz CT molecular complexity index is 1130. The van der Waals surface area contributed by atoms with Crippen LogP contribution in [0.15, 0.2) is 53.1 Å². The minimum atomic E-state index is -3.07. The van der Waals surface area contributed by atoms with Crippen molar-refractivity contribution in [3.05, 3.63) is 60.0 Å². The summed E-state index contributed by atoms with van der Waals surface area (Å²) >= 11 is 0. The van der Waals surface area contributed by atoms with E-state index in [4.69, 9.17) is 13.9 Å². The molecule has 2 N–H and O–H groups in total. The zero-order valence-corrected chi connectivity index (χ0v) is 17.6. The molecule has 11 heteroatoms. The highest BCUT2D eigenvalue weighted by Crippen LogP contribution is 2.32. The number of nitrogens with zero attached hydrogens (tertiary/aromatic N) is 1. The number of carbonyl (C=O) groups excluding carboxylic acids is 2. The lowest BCUT2D eigenvalue weighted by Gasteiger charge is -2.16. The van der Waals surface area contributed by atoms with Gasteiger partial charge in [-0.3, -0.25) is 9.59 Å². The molecule has 33 heavy (non-hydrogen) atoms. The van der Waals surface area contributed by atoms with Crippen molar-refractivity contribution in [2.75, 3.05) is 0 Å². The van der Waals surface area contributed by atoms with Crippen molar-refractivity contribution in [1.29, 1.82) is 0 Å². The Morgan fingerprint density at radius 1 is 1.15 bits per heavy atom. The van der Waals surface area contributed by atoms with Gasteiger partial charge in [0, 0.05) is 19.4 Å². The van der Waals surface area contributed by atoms with Crippen LogP contribution in [-0.4, -0.2) is 34.9 Å². The number of halogens is 2. The molecule has 0 aliphatic rings. The van der Waals surface area contributed by atoms with Crippen LogP contribution in [0.3, 0.4) is 0 Å². The number of benzene rings is 2. The molecule has 3 rings (SSSR count). The molecular formula is C22H20F2N2O7. The SMILES string of the molecule is CC(=O)OC(C)Oc1ccccc1C(=O)NCc1coc(-c2ccc(OC(F)F)c(O)c2)n1. The maximum Gasteiger partial charge on any atom is 0.387 e. The van der Waals surface area contributed by atoms with E-state index in [1.165, 1.54) is 32.2 Å². The van der Waals surface area contributed by atoms with Gasteiger partial charge in [-0.05, 0) is 30.3 Å². The Hall–Kier alpha value is -4.15. The third-order valence-corrected chi connectivity index (χ3v) is 4.16. The number of phenols is 1. The molecule has 1 atom stereocenters. The number of para-hydroxylation sites is 1. The van der Waals surface area contributed by atoms with Gasteiger partial charge in [0.15, 0.2) is 11.5 Å². The van der Waals surface area contributed by atoms with Gasteiger partial charge in [-0.25, -0.2) is 4.98 Å². The van der Waals surface area contributed by atoms with Gasteiger partial charge in [-0.15, -0.1) is 0 Å². The van der Waals surface area contributed by atoms with E-state index in [0.29, 0.717) is 11.3 Å². The van der Waals surface area contributed by atoms with Crippen LogP contribution in [0.1, 0.15) is 29.9 Å². The molecule has 1 aromatic heterocycles. The third kappa shape index (κ3) is 6.42. The summed E-state index contributed by atoms with van der Waals surface area (Å²) in [5.74, 6) is -1.52. The fraction of sp³-hybridized carbons (Fsp3) is 0.227. The molecule has 174 valence electrons. The minimum absolute atomic E-state index is 0.00866. The topological polar surface area (TPSA) is 120 Å². The first-order valence-corrected chi connectivity index (χ1v) is 9.66. The van der Waals surface area contributed by atoms with Crippen molar-refractivity contribution in [1.82, 2.24) is 10.3 Å². The molecule has 1 amide bonds. The summed E-state index contributed by atoms with van der Waals surface area (Å²) in [6.07, 6.45) is 0.421. The van der Waals surface area contributed by atoms with Gasteiger partial charge in [0.05, 0.1) is 17.8 Å². The molecule has 0 saturated heterocycles. The zero-order valence-electron chi connectivity index (χ0n) is 17.6. The predicted octanol–water partition coefficient (Wildman–Crippen LogP) is 3.87. The number of aromatic nitrogens is 1. The molecule has 0 spiro atoms. The number of rotatable bonds is 9. The number of alkyl halides is 2. The van der Waals surface area contributed by atoms with E-state index in [0.717, 1.165) is 6.07 Å². The Morgan fingerprint density at radius 2 is 1.91 bits per heavy atom.